The first-order valence-electron chi connectivity index (χ1n) is 10.0. The van der Waals surface area contributed by atoms with Crippen molar-refractivity contribution >= 4 is 42.1 Å². The highest BCUT2D eigenvalue weighted by Crippen LogP contribution is 2.33. The van der Waals surface area contributed by atoms with Crippen LogP contribution < -0.4 is 5.32 Å². The molecule has 0 aliphatic carbocycles. The molecule has 3 unspecified atom stereocenters. The second kappa shape index (κ2) is 11.1. The Hall–Kier alpha value is -0.370. The molecular formula is C20H33Cl2N3O2S. The van der Waals surface area contributed by atoms with Crippen molar-refractivity contribution in [1.82, 2.24) is 15.1 Å². The summed E-state index contributed by atoms with van der Waals surface area (Å²) >= 11 is 1.79. The molecule has 0 radical (unpaired) electrons. The Balaban J connectivity index is 0.00000140. The Kier molecular flexibility index (Phi) is 9.51. The molecule has 4 rings (SSSR count). The van der Waals surface area contributed by atoms with Crippen molar-refractivity contribution in [2.75, 3.05) is 39.9 Å². The van der Waals surface area contributed by atoms with Crippen LogP contribution in [0.4, 0.5) is 0 Å². The number of hydrogen-bond acceptors (Lipinski definition) is 5. The third-order valence-corrected chi connectivity index (χ3v) is 7.24. The molecule has 4 heterocycles. The van der Waals surface area contributed by atoms with Gasteiger partial charge in [-0.15, -0.1) is 36.2 Å². The highest BCUT2D eigenvalue weighted by Gasteiger charge is 2.35. The largest absolute Gasteiger partial charge is 0.379 e. The quantitative estimate of drug-likeness (QED) is 0.722. The highest BCUT2D eigenvalue weighted by molar-refractivity contribution is 7.10. The van der Waals surface area contributed by atoms with Crippen LogP contribution in [0.5, 0.6) is 0 Å². The number of carbonyl (C=O) groups excluding carboxylic acids is 1. The number of nitrogens with zero attached hydrogens (tertiary/aromatic N) is 2. The van der Waals surface area contributed by atoms with E-state index in [0.29, 0.717) is 30.3 Å². The van der Waals surface area contributed by atoms with E-state index in [1.807, 2.05) is 11.9 Å². The van der Waals surface area contributed by atoms with Crippen LogP contribution in [0.25, 0.3) is 0 Å². The molecule has 28 heavy (non-hydrogen) atoms. The van der Waals surface area contributed by atoms with Gasteiger partial charge in [0.05, 0.1) is 19.3 Å². The summed E-state index contributed by atoms with van der Waals surface area (Å²) < 4.78 is 5.52. The number of morpholine rings is 1. The standard InChI is InChI=1S/C20H31N3O2S.2ClH/c1-22(20(24)13-15-11-16-4-5-17(12-15)21-16)14-18(19-3-2-10-26-19)23-6-8-25-9-7-23;;/h2-3,10,15-18,21H,4-9,11-14H2,1H3;2*1H. The van der Waals surface area contributed by atoms with Gasteiger partial charge in [0.25, 0.3) is 0 Å². The summed E-state index contributed by atoms with van der Waals surface area (Å²) in [4.78, 5) is 18.7. The van der Waals surface area contributed by atoms with Gasteiger partial charge in [-0.25, -0.2) is 0 Å². The van der Waals surface area contributed by atoms with Crippen LogP contribution in [0.1, 0.15) is 43.0 Å². The first-order valence-corrected chi connectivity index (χ1v) is 10.9. The van der Waals surface area contributed by atoms with E-state index in [9.17, 15) is 4.79 Å². The maximum Gasteiger partial charge on any atom is 0.222 e. The fourth-order valence-corrected chi connectivity index (χ4v) is 5.71. The molecule has 1 aromatic rings. The molecule has 1 aromatic heterocycles. The second-order valence-corrected chi connectivity index (χ2v) is 9.11. The summed E-state index contributed by atoms with van der Waals surface area (Å²) in [6.45, 7) is 4.25. The van der Waals surface area contributed by atoms with Gasteiger partial charge in [-0.2, -0.15) is 0 Å². The predicted octanol–water partition coefficient (Wildman–Crippen LogP) is 3.34. The number of likely N-dealkylation sites (N-methyl/N-ethyl adjacent to an activating group) is 1. The van der Waals surface area contributed by atoms with E-state index in [0.717, 1.165) is 32.8 Å². The number of rotatable bonds is 6. The van der Waals surface area contributed by atoms with Gasteiger partial charge < -0.3 is 15.0 Å². The lowest BCUT2D eigenvalue weighted by Gasteiger charge is -2.36. The number of halogens is 2. The van der Waals surface area contributed by atoms with E-state index in [1.165, 1.54) is 30.6 Å². The second-order valence-electron chi connectivity index (χ2n) is 8.13. The zero-order chi connectivity index (χ0) is 17.9. The van der Waals surface area contributed by atoms with E-state index < -0.39 is 0 Å². The maximum atomic E-state index is 12.9. The number of hydrogen-bond donors (Lipinski definition) is 1. The van der Waals surface area contributed by atoms with Crippen molar-refractivity contribution in [2.45, 2.75) is 50.2 Å². The number of fused-ring (bicyclic) bond motifs is 2. The molecule has 3 saturated heterocycles. The lowest BCUT2D eigenvalue weighted by Crippen LogP contribution is -2.45. The summed E-state index contributed by atoms with van der Waals surface area (Å²) in [5.41, 5.74) is 0. The molecule has 1 amide bonds. The lowest BCUT2D eigenvalue weighted by molar-refractivity contribution is -0.132. The average molecular weight is 450 g/mol. The van der Waals surface area contributed by atoms with Crippen LogP contribution in [0, 0.1) is 5.92 Å². The smallest absolute Gasteiger partial charge is 0.222 e. The molecule has 160 valence electrons. The molecule has 3 aliphatic rings. The van der Waals surface area contributed by atoms with E-state index in [-0.39, 0.29) is 30.9 Å². The first kappa shape index (κ1) is 23.9. The molecule has 3 aliphatic heterocycles. The van der Waals surface area contributed by atoms with Gasteiger partial charge in [0.2, 0.25) is 5.91 Å². The minimum atomic E-state index is 0. The number of carbonyl (C=O) groups is 1. The topological polar surface area (TPSA) is 44.8 Å². The van der Waals surface area contributed by atoms with E-state index >= 15 is 0 Å². The highest BCUT2D eigenvalue weighted by atomic mass is 35.5. The van der Waals surface area contributed by atoms with Crippen molar-refractivity contribution in [3.05, 3.63) is 22.4 Å². The van der Waals surface area contributed by atoms with Crippen LogP contribution in [-0.4, -0.2) is 67.7 Å². The number of amides is 1. The van der Waals surface area contributed by atoms with Gasteiger partial charge in [-0.05, 0) is 43.0 Å². The van der Waals surface area contributed by atoms with E-state index in [1.54, 1.807) is 11.3 Å². The summed E-state index contributed by atoms with van der Waals surface area (Å²) in [7, 11) is 1.99. The summed E-state index contributed by atoms with van der Waals surface area (Å²) in [6, 6.07) is 5.92. The number of nitrogens with one attached hydrogen (secondary N) is 1. The van der Waals surface area contributed by atoms with Gasteiger partial charge in [0.1, 0.15) is 0 Å². The molecule has 3 atom stereocenters. The van der Waals surface area contributed by atoms with Crippen LogP contribution in [0.3, 0.4) is 0 Å². The predicted molar refractivity (Wildman–Crippen MR) is 119 cm³/mol. The van der Waals surface area contributed by atoms with Crippen LogP contribution in [0.2, 0.25) is 0 Å². The molecule has 0 aromatic carbocycles. The van der Waals surface area contributed by atoms with Crippen molar-refractivity contribution in [2.24, 2.45) is 5.92 Å². The zero-order valence-electron chi connectivity index (χ0n) is 16.5. The van der Waals surface area contributed by atoms with E-state index in [4.69, 9.17) is 4.74 Å². The number of piperidine rings is 1. The van der Waals surface area contributed by atoms with E-state index in [2.05, 4.69) is 27.7 Å². The molecule has 2 bridgehead atoms. The molecular weight excluding hydrogens is 417 g/mol. The number of thiophene rings is 1. The lowest BCUT2D eigenvalue weighted by atomic mass is 9.89. The fraction of sp³-hybridized carbons (Fsp3) is 0.750. The molecule has 5 nitrogen and oxygen atoms in total. The summed E-state index contributed by atoms with van der Waals surface area (Å²) in [5.74, 6) is 0.874. The summed E-state index contributed by atoms with van der Waals surface area (Å²) in [6.07, 6.45) is 5.65. The monoisotopic (exact) mass is 449 g/mol. The number of ether oxygens (including phenoxy) is 1. The van der Waals surface area contributed by atoms with Gasteiger partial charge >= 0.3 is 0 Å². The van der Waals surface area contributed by atoms with Crippen molar-refractivity contribution < 1.29 is 9.53 Å². The van der Waals surface area contributed by atoms with Crippen molar-refractivity contribution in [3.63, 3.8) is 0 Å². The minimum Gasteiger partial charge on any atom is -0.379 e. The Bertz CT molecular complexity index is 586. The molecule has 0 saturated carbocycles. The Morgan fingerprint density at radius 1 is 1.29 bits per heavy atom. The Labute approximate surface area is 185 Å². The van der Waals surface area contributed by atoms with Gasteiger partial charge in [-0.1, -0.05) is 6.07 Å². The molecule has 3 fully saturated rings. The summed E-state index contributed by atoms with van der Waals surface area (Å²) in [5, 5.41) is 5.81. The van der Waals surface area contributed by atoms with Gasteiger partial charge in [-0.3, -0.25) is 9.69 Å². The SMILES string of the molecule is CN(CC(c1cccs1)N1CCOCC1)C(=O)CC1CC2CCC(C1)N2.Cl.Cl. The normalized spacial score (nSPS) is 28.1. The van der Waals surface area contributed by atoms with Crippen molar-refractivity contribution in [3.8, 4) is 0 Å². The third kappa shape index (κ3) is 5.83. The van der Waals surface area contributed by atoms with Crippen molar-refractivity contribution in [1.29, 1.82) is 0 Å². The van der Waals surface area contributed by atoms with Crippen LogP contribution in [-0.2, 0) is 9.53 Å². The Morgan fingerprint density at radius 3 is 2.57 bits per heavy atom. The fourth-order valence-electron chi connectivity index (χ4n) is 4.86. The Morgan fingerprint density at radius 2 is 1.96 bits per heavy atom. The maximum absolute atomic E-state index is 12.9. The third-order valence-electron chi connectivity index (χ3n) is 6.26. The van der Waals surface area contributed by atoms with Crippen LogP contribution >= 0.6 is 36.2 Å². The van der Waals surface area contributed by atoms with Crippen LogP contribution in [0.15, 0.2) is 17.5 Å². The van der Waals surface area contributed by atoms with Gasteiger partial charge in [0, 0.05) is 50.1 Å². The first-order chi connectivity index (χ1) is 12.7. The molecule has 8 heteroatoms. The average Bonchev–Trinajstić information content (AvgIpc) is 3.30. The zero-order valence-corrected chi connectivity index (χ0v) is 19.0. The van der Waals surface area contributed by atoms with Gasteiger partial charge in [0.15, 0.2) is 0 Å². The minimum absolute atomic E-state index is 0. The molecule has 0 spiro atoms. The molecule has 1 N–H and O–H groups in total.